The Kier molecular flexibility index (Phi) is 3.67. The van der Waals surface area contributed by atoms with E-state index in [2.05, 4.69) is 25.9 Å². The second-order valence-electron chi connectivity index (χ2n) is 5.28. The van der Waals surface area contributed by atoms with Crippen molar-refractivity contribution in [2.75, 3.05) is 0 Å². The Labute approximate surface area is 119 Å². The number of hydrogen-bond acceptors (Lipinski definition) is 2. The first-order valence-corrected chi connectivity index (χ1v) is 6.57. The molecule has 0 aliphatic rings. The fourth-order valence-corrected chi connectivity index (χ4v) is 1.94. The number of benzene rings is 1. The molecule has 19 heavy (non-hydrogen) atoms. The minimum atomic E-state index is -0.885. The van der Waals surface area contributed by atoms with Crippen LogP contribution < -0.4 is 0 Å². The fraction of sp³-hybridized carbons (Fsp3) is 0.286. The van der Waals surface area contributed by atoms with Gasteiger partial charge in [-0.25, -0.2) is 18.7 Å². The van der Waals surface area contributed by atoms with Gasteiger partial charge >= 0.3 is 0 Å². The maximum atomic E-state index is 13.3. The van der Waals surface area contributed by atoms with Crippen molar-refractivity contribution in [2.45, 2.75) is 26.2 Å². The molecule has 2 aromatic rings. The molecule has 0 saturated carbocycles. The van der Waals surface area contributed by atoms with Crippen molar-refractivity contribution in [3.8, 4) is 11.3 Å². The quantitative estimate of drug-likeness (QED) is 0.722. The second-order valence-corrected chi connectivity index (χ2v) is 6.09. The summed E-state index contributed by atoms with van der Waals surface area (Å²) in [4.78, 5) is 8.72. The molecule has 2 rings (SSSR count). The van der Waals surface area contributed by atoms with Gasteiger partial charge in [-0.3, -0.25) is 0 Å². The van der Waals surface area contributed by atoms with E-state index in [4.69, 9.17) is 0 Å². The molecule has 0 fully saturated rings. The zero-order valence-electron chi connectivity index (χ0n) is 10.8. The van der Waals surface area contributed by atoms with Gasteiger partial charge in [-0.1, -0.05) is 20.8 Å². The number of rotatable bonds is 1. The van der Waals surface area contributed by atoms with Crippen molar-refractivity contribution in [1.29, 1.82) is 0 Å². The Morgan fingerprint density at radius 2 is 1.68 bits per heavy atom. The number of aromatic nitrogens is 2. The summed E-state index contributed by atoms with van der Waals surface area (Å²) < 4.78 is 26.8. The van der Waals surface area contributed by atoms with Crippen molar-refractivity contribution in [1.82, 2.24) is 9.97 Å². The molecule has 0 spiro atoms. The number of hydrogen-bond donors (Lipinski definition) is 0. The van der Waals surface area contributed by atoms with Gasteiger partial charge < -0.3 is 0 Å². The third-order valence-electron chi connectivity index (χ3n) is 2.58. The summed E-state index contributed by atoms with van der Waals surface area (Å²) in [6.45, 7) is 5.97. The van der Waals surface area contributed by atoms with Crippen LogP contribution in [0.25, 0.3) is 11.3 Å². The molecular weight excluding hydrogens is 314 g/mol. The van der Waals surface area contributed by atoms with Gasteiger partial charge in [0.2, 0.25) is 0 Å². The highest BCUT2D eigenvalue weighted by Crippen LogP contribution is 2.26. The Balaban J connectivity index is 2.56. The molecule has 0 N–H and O–H groups in total. The van der Waals surface area contributed by atoms with Crippen molar-refractivity contribution < 1.29 is 8.78 Å². The summed E-state index contributed by atoms with van der Waals surface area (Å²) in [5.74, 6) is -1.11. The van der Waals surface area contributed by atoms with Crippen LogP contribution in [0.5, 0.6) is 0 Å². The zero-order valence-corrected chi connectivity index (χ0v) is 12.4. The predicted molar refractivity (Wildman–Crippen MR) is 73.8 cm³/mol. The zero-order chi connectivity index (χ0) is 14.2. The summed E-state index contributed by atoms with van der Waals surface area (Å²) in [5, 5.41) is 0. The van der Waals surface area contributed by atoms with Gasteiger partial charge in [0.1, 0.15) is 10.4 Å². The lowest BCUT2D eigenvalue weighted by atomic mass is 9.95. The molecule has 1 heterocycles. The van der Waals surface area contributed by atoms with Gasteiger partial charge in [0.25, 0.3) is 0 Å². The summed E-state index contributed by atoms with van der Waals surface area (Å²) in [6.07, 6.45) is 0. The minimum Gasteiger partial charge on any atom is -0.232 e. The van der Waals surface area contributed by atoms with Crippen LogP contribution in [0.2, 0.25) is 0 Å². The summed E-state index contributed by atoms with van der Waals surface area (Å²) >= 11 is 3.32. The first kappa shape index (κ1) is 14.1. The van der Waals surface area contributed by atoms with Crippen molar-refractivity contribution in [3.05, 3.63) is 46.3 Å². The van der Waals surface area contributed by atoms with Crippen LogP contribution in [0.4, 0.5) is 8.78 Å². The largest absolute Gasteiger partial charge is 0.232 e. The maximum absolute atomic E-state index is 13.3. The molecule has 2 nitrogen and oxygen atoms in total. The van der Waals surface area contributed by atoms with Crippen LogP contribution in [0, 0.1) is 11.6 Å². The van der Waals surface area contributed by atoms with E-state index in [1.807, 2.05) is 20.8 Å². The van der Waals surface area contributed by atoms with Crippen LogP contribution >= 0.6 is 15.9 Å². The van der Waals surface area contributed by atoms with E-state index in [-0.39, 0.29) is 5.41 Å². The molecule has 0 bridgehead atoms. The van der Waals surface area contributed by atoms with Gasteiger partial charge in [0, 0.05) is 11.0 Å². The minimum absolute atomic E-state index is 0.225. The smallest absolute Gasteiger partial charge is 0.159 e. The third-order valence-corrected chi connectivity index (χ3v) is 2.99. The van der Waals surface area contributed by atoms with Crippen molar-refractivity contribution in [2.24, 2.45) is 0 Å². The Morgan fingerprint density at radius 3 is 2.26 bits per heavy atom. The molecule has 0 amide bonds. The lowest BCUT2D eigenvalue weighted by molar-refractivity contribution is 0.509. The molecule has 0 aliphatic heterocycles. The van der Waals surface area contributed by atoms with Gasteiger partial charge in [-0.05, 0) is 40.2 Å². The standard InChI is InChI=1S/C14H13BrF2N2/c1-14(2,3)13-18-11(7-12(15)19-13)8-4-5-9(16)10(17)6-8/h4-7H,1-3H3. The van der Waals surface area contributed by atoms with Gasteiger partial charge in [0.05, 0.1) is 5.69 Å². The third kappa shape index (κ3) is 3.15. The normalized spacial score (nSPS) is 11.7. The lowest BCUT2D eigenvalue weighted by Gasteiger charge is -2.17. The fourth-order valence-electron chi connectivity index (χ4n) is 1.56. The first-order chi connectivity index (χ1) is 8.77. The molecule has 0 saturated heterocycles. The second kappa shape index (κ2) is 4.96. The summed E-state index contributed by atoms with van der Waals surface area (Å²) in [5.41, 5.74) is 0.857. The molecule has 1 aromatic carbocycles. The predicted octanol–water partition coefficient (Wildman–Crippen LogP) is 4.48. The van der Waals surface area contributed by atoms with E-state index in [0.29, 0.717) is 21.7 Å². The maximum Gasteiger partial charge on any atom is 0.159 e. The highest BCUT2D eigenvalue weighted by atomic mass is 79.9. The first-order valence-electron chi connectivity index (χ1n) is 5.78. The van der Waals surface area contributed by atoms with Crippen molar-refractivity contribution in [3.63, 3.8) is 0 Å². The molecule has 0 atom stereocenters. The van der Waals surface area contributed by atoms with E-state index < -0.39 is 11.6 Å². The summed E-state index contributed by atoms with van der Waals surface area (Å²) in [7, 11) is 0. The van der Waals surface area contributed by atoms with Crippen LogP contribution in [0.15, 0.2) is 28.9 Å². The average Bonchev–Trinajstić information content (AvgIpc) is 2.31. The highest BCUT2D eigenvalue weighted by Gasteiger charge is 2.19. The van der Waals surface area contributed by atoms with E-state index in [1.165, 1.54) is 6.07 Å². The molecule has 0 unspecified atom stereocenters. The summed E-state index contributed by atoms with van der Waals surface area (Å²) in [6, 6.07) is 5.41. The topological polar surface area (TPSA) is 25.8 Å². The van der Waals surface area contributed by atoms with Crippen molar-refractivity contribution >= 4 is 15.9 Å². The van der Waals surface area contributed by atoms with Crippen LogP contribution in [0.1, 0.15) is 26.6 Å². The molecule has 5 heteroatoms. The van der Waals surface area contributed by atoms with E-state index >= 15 is 0 Å². The SMILES string of the molecule is CC(C)(C)c1nc(Br)cc(-c2ccc(F)c(F)c2)n1. The molecule has 0 radical (unpaired) electrons. The Morgan fingerprint density at radius 1 is 1.00 bits per heavy atom. The Hall–Kier alpha value is -1.36. The average molecular weight is 327 g/mol. The van der Waals surface area contributed by atoms with Crippen LogP contribution in [0.3, 0.4) is 0 Å². The molecule has 100 valence electrons. The van der Waals surface area contributed by atoms with Gasteiger partial charge in [-0.2, -0.15) is 0 Å². The van der Waals surface area contributed by atoms with E-state index in [0.717, 1.165) is 12.1 Å². The molecular formula is C14H13BrF2N2. The van der Waals surface area contributed by atoms with Crippen LogP contribution in [-0.2, 0) is 5.41 Å². The molecule has 1 aromatic heterocycles. The molecule has 0 aliphatic carbocycles. The monoisotopic (exact) mass is 326 g/mol. The van der Waals surface area contributed by atoms with Crippen LogP contribution in [-0.4, -0.2) is 9.97 Å². The number of halogens is 3. The lowest BCUT2D eigenvalue weighted by Crippen LogP contribution is -2.16. The Bertz CT molecular complexity index is 621. The van der Waals surface area contributed by atoms with Gasteiger partial charge in [0.15, 0.2) is 11.6 Å². The van der Waals surface area contributed by atoms with E-state index in [1.54, 1.807) is 6.07 Å². The highest BCUT2D eigenvalue weighted by molar-refractivity contribution is 9.10. The number of nitrogens with zero attached hydrogens (tertiary/aromatic N) is 2. The van der Waals surface area contributed by atoms with E-state index in [9.17, 15) is 8.78 Å². The van der Waals surface area contributed by atoms with Gasteiger partial charge in [-0.15, -0.1) is 0 Å².